The highest BCUT2D eigenvalue weighted by Crippen LogP contribution is 2.18. The minimum absolute atomic E-state index is 0.0556. The zero-order chi connectivity index (χ0) is 19.3. The van der Waals surface area contributed by atoms with Gasteiger partial charge in [0.25, 0.3) is 5.89 Å². The molecule has 142 valence electrons. The molecule has 2 aromatic heterocycles. The van der Waals surface area contributed by atoms with Gasteiger partial charge in [-0.2, -0.15) is 4.98 Å². The molecule has 0 fully saturated rings. The number of benzene rings is 1. The fourth-order valence-electron chi connectivity index (χ4n) is 2.12. The second-order valence-corrected chi connectivity index (χ2v) is 8.56. The van der Waals surface area contributed by atoms with Crippen LogP contribution in [0.5, 0.6) is 0 Å². The number of rotatable bonds is 8. The number of nitrogens with zero attached hydrogens (tertiary/aromatic N) is 2. The van der Waals surface area contributed by atoms with Gasteiger partial charge in [0.1, 0.15) is 4.21 Å². The molecule has 3 rings (SSSR count). The molecule has 0 amide bonds. The lowest BCUT2D eigenvalue weighted by molar-refractivity contribution is -0.145. The molecule has 0 saturated heterocycles. The molecule has 1 N–H and O–H groups in total. The maximum Gasteiger partial charge on any atom is 0.307 e. The predicted molar refractivity (Wildman–Crippen MR) is 98.4 cm³/mol. The molecule has 3 aromatic rings. The maximum absolute atomic E-state index is 11.9. The minimum atomic E-state index is -3.59. The number of ether oxygens (including phenoxy) is 1. The van der Waals surface area contributed by atoms with Crippen molar-refractivity contribution in [3.05, 3.63) is 53.2 Å². The highest BCUT2D eigenvalue weighted by molar-refractivity contribution is 7.91. The van der Waals surface area contributed by atoms with Gasteiger partial charge in [0, 0.05) is 12.1 Å². The molecule has 8 nitrogen and oxygen atoms in total. The molecular formula is C17H17N3O5S2. The Bertz CT molecular complexity index is 996. The summed E-state index contributed by atoms with van der Waals surface area (Å²) in [4.78, 5) is 15.9. The summed E-state index contributed by atoms with van der Waals surface area (Å²) >= 11 is 1.10. The maximum atomic E-state index is 11.9. The van der Waals surface area contributed by atoms with Crippen LogP contribution in [0, 0.1) is 6.92 Å². The van der Waals surface area contributed by atoms with Crippen LogP contribution < -0.4 is 4.72 Å². The number of esters is 1. The van der Waals surface area contributed by atoms with Crippen LogP contribution >= 0.6 is 11.3 Å². The summed E-state index contributed by atoms with van der Waals surface area (Å²) in [7, 11) is -3.59. The van der Waals surface area contributed by atoms with E-state index in [-0.39, 0.29) is 29.6 Å². The summed E-state index contributed by atoms with van der Waals surface area (Å²) in [5.41, 5.74) is 1.88. The Morgan fingerprint density at radius 2 is 2.04 bits per heavy atom. The molecule has 0 aliphatic rings. The molecule has 27 heavy (non-hydrogen) atoms. The van der Waals surface area contributed by atoms with E-state index in [1.54, 1.807) is 11.4 Å². The van der Waals surface area contributed by atoms with Crippen LogP contribution in [0.2, 0.25) is 0 Å². The number of thiophene rings is 1. The van der Waals surface area contributed by atoms with Crippen molar-refractivity contribution in [3.63, 3.8) is 0 Å². The van der Waals surface area contributed by atoms with Gasteiger partial charge in [0.2, 0.25) is 15.8 Å². The number of hydrogen-bond acceptors (Lipinski definition) is 8. The summed E-state index contributed by atoms with van der Waals surface area (Å²) in [5.74, 6) is 0.00779. The summed E-state index contributed by atoms with van der Waals surface area (Å²) in [6.07, 6.45) is -0.104. The van der Waals surface area contributed by atoms with Crippen molar-refractivity contribution in [1.82, 2.24) is 14.9 Å². The standard InChI is InChI=1S/C17H17N3O5S2/c1-12-4-6-13(7-5-12)17-19-14(20-25-17)11-24-15(21)8-9-18-27(22,23)16-3-2-10-26-16/h2-7,10,18H,8-9,11H2,1H3. The highest BCUT2D eigenvalue weighted by Gasteiger charge is 2.16. The molecule has 0 aliphatic carbocycles. The number of sulfonamides is 1. The predicted octanol–water partition coefficient (Wildman–Crippen LogP) is 2.52. The summed E-state index contributed by atoms with van der Waals surface area (Å²) < 4.78 is 36.6. The minimum Gasteiger partial charge on any atom is -0.457 e. The third-order valence-corrected chi connectivity index (χ3v) is 6.37. The molecular weight excluding hydrogens is 390 g/mol. The van der Waals surface area contributed by atoms with Crippen molar-refractivity contribution in [2.24, 2.45) is 0 Å². The average molecular weight is 407 g/mol. The molecule has 0 bridgehead atoms. The number of aryl methyl sites for hydroxylation is 1. The Morgan fingerprint density at radius 3 is 2.74 bits per heavy atom. The van der Waals surface area contributed by atoms with Gasteiger partial charge in [-0.1, -0.05) is 28.9 Å². The lowest BCUT2D eigenvalue weighted by Crippen LogP contribution is -2.26. The largest absolute Gasteiger partial charge is 0.457 e. The average Bonchev–Trinajstić information content (AvgIpc) is 3.33. The first-order valence-corrected chi connectivity index (χ1v) is 10.4. The van der Waals surface area contributed by atoms with Crippen LogP contribution in [0.3, 0.4) is 0 Å². The first-order chi connectivity index (χ1) is 12.9. The molecule has 0 spiro atoms. The Hall–Kier alpha value is -2.56. The van der Waals surface area contributed by atoms with Gasteiger partial charge in [-0.25, -0.2) is 13.1 Å². The monoisotopic (exact) mass is 407 g/mol. The smallest absolute Gasteiger partial charge is 0.307 e. The van der Waals surface area contributed by atoms with Gasteiger partial charge in [-0.3, -0.25) is 4.79 Å². The fraction of sp³-hybridized carbons (Fsp3) is 0.235. The van der Waals surface area contributed by atoms with E-state index in [1.807, 2.05) is 31.2 Å². The van der Waals surface area contributed by atoms with E-state index < -0.39 is 16.0 Å². The highest BCUT2D eigenvalue weighted by atomic mass is 32.2. The Morgan fingerprint density at radius 1 is 1.26 bits per heavy atom. The van der Waals surface area contributed by atoms with Crippen LogP contribution in [0.4, 0.5) is 0 Å². The Balaban J connectivity index is 1.45. The van der Waals surface area contributed by atoms with E-state index in [0.29, 0.717) is 5.89 Å². The van der Waals surface area contributed by atoms with Gasteiger partial charge < -0.3 is 9.26 Å². The zero-order valence-electron chi connectivity index (χ0n) is 14.4. The Kier molecular flexibility index (Phi) is 5.99. The van der Waals surface area contributed by atoms with Crippen LogP contribution in [0.25, 0.3) is 11.5 Å². The van der Waals surface area contributed by atoms with Crippen LogP contribution in [-0.2, 0) is 26.2 Å². The number of carbonyl (C=O) groups is 1. The van der Waals surface area contributed by atoms with Crippen molar-refractivity contribution >= 4 is 27.3 Å². The van der Waals surface area contributed by atoms with Crippen molar-refractivity contribution < 1.29 is 22.5 Å². The summed E-state index contributed by atoms with van der Waals surface area (Å²) in [6.45, 7) is 1.77. The molecule has 0 unspecified atom stereocenters. The van der Waals surface area contributed by atoms with Crippen molar-refractivity contribution in [3.8, 4) is 11.5 Å². The van der Waals surface area contributed by atoms with Crippen molar-refractivity contribution in [2.75, 3.05) is 6.54 Å². The van der Waals surface area contributed by atoms with E-state index in [0.717, 1.165) is 22.5 Å². The normalized spacial score (nSPS) is 11.4. The molecule has 0 atom stereocenters. The summed E-state index contributed by atoms with van der Waals surface area (Å²) in [6, 6.07) is 10.7. The zero-order valence-corrected chi connectivity index (χ0v) is 16.0. The van der Waals surface area contributed by atoms with Gasteiger partial charge in [-0.15, -0.1) is 11.3 Å². The van der Waals surface area contributed by atoms with Gasteiger partial charge in [-0.05, 0) is 30.5 Å². The molecule has 10 heteroatoms. The van der Waals surface area contributed by atoms with Crippen LogP contribution in [0.1, 0.15) is 17.8 Å². The second kappa shape index (κ2) is 8.42. The quantitative estimate of drug-likeness (QED) is 0.571. The van der Waals surface area contributed by atoms with Crippen molar-refractivity contribution in [1.29, 1.82) is 0 Å². The number of carbonyl (C=O) groups excluding carboxylic acids is 1. The van der Waals surface area contributed by atoms with Gasteiger partial charge >= 0.3 is 5.97 Å². The molecule has 0 saturated carbocycles. The van der Waals surface area contributed by atoms with E-state index in [2.05, 4.69) is 14.9 Å². The first kappa shape index (κ1) is 19.2. The van der Waals surface area contributed by atoms with Crippen LogP contribution in [-0.4, -0.2) is 31.1 Å². The fourth-order valence-corrected chi connectivity index (χ4v) is 4.19. The summed E-state index contributed by atoms with van der Waals surface area (Å²) in [5, 5.41) is 5.43. The lowest BCUT2D eigenvalue weighted by Gasteiger charge is -2.04. The SMILES string of the molecule is Cc1ccc(-c2nc(COC(=O)CCNS(=O)(=O)c3cccs3)no2)cc1. The topological polar surface area (TPSA) is 111 Å². The molecule has 0 aliphatic heterocycles. The van der Waals surface area contributed by atoms with E-state index in [9.17, 15) is 13.2 Å². The first-order valence-electron chi connectivity index (χ1n) is 8.02. The third kappa shape index (κ3) is 5.22. The third-order valence-electron chi connectivity index (χ3n) is 3.51. The number of aromatic nitrogens is 2. The van der Waals surface area contributed by atoms with Crippen molar-refractivity contribution in [2.45, 2.75) is 24.2 Å². The molecule has 0 radical (unpaired) electrons. The Labute approximate surface area is 160 Å². The van der Waals surface area contributed by atoms with E-state index in [4.69, 9.17) is 9.26 Å². The van der Waals surface area contributed by atoms with E-state index in [1.165, 1.54) is 6.07 Å². The number of nitrogens with one attached hydrogen (secondary N) is 1. The van der Waals surface area contributed by atoms with Crippen LogP contribution in [0.15, 0.2) is 50.5 Å². The molecule has 1 aromatic carbocycles. The molecule has 2 heterocycles. The number of hydrogen-bond donors (Lipinski definition) is 1. The van der Waals surface area contributed by atoms with Gasteiger partial charge in [0.05, 0.1) is 6.42 Å². The lowest BCUT2D eigenvalue weighted by atomic mass is 10.1. The second-order valence-electron chi connectivity index (χ2n) is 5.62. The van der Waals surface area contributed by atoms with Gasteiger partial charge in [0.15, 0.2) is 6.61 Å². The van der Waals surface area contributed by atoms with E-state index >= 15 is 0 Å².